The number of rotatable bonds is 5. The van der Waals surface area contributed by atoms with E-state index >= 15 is 0 Å². The Morgan fingerprint density at radius 3 is 2.65 bits per heavy atom. The maximum Gasteiger partial charge on any atom is 0.194 e. The molecule has 1 aliphatic heterocycles. The zero-order valence-electron chi connectivity index (χ0n) is 15.4. The van der Waals surface area contributed by atoms with Gasteiger partial charge in [0.15, 0.2) is 5.96 Å². The van der Waals surface area contributed by atoms with Crippen molar-refractivity contribution in [2.75, 3.05) is 39.3 Å². The van der Waals surface area contributed by atoms with Gasteiger partial charge in [-0.1, -0.05) is 6.42 Å². The van der Waals surface area contributed by atoms with Gasteiger partial charge in [0, 0.05) is 56.6 Å². The van der Waals surface area contributed by atoms with Gasteiger partial charge in [0.05, 0.1) is 9.89 Å². The first-order valence-electron chi connectivity index (χ1n) is 9.33. The van der Waals surface area contributed by atoms with E-state index in [0.717, 1.165) is 71.0 Å². The third kappa shape index (κ3) is 6.32. The molecule has 3 rings (SSSR count). The van der Waals surface area contributed by atoms with Crippen molar-refractivity contribution in [3.05, 3.63) is 20.8 Å². The highest BCUT2D eigenvalue weighted by Gasteiger charge is 2.26. The van der Waals surface area contributed by atoms with Crippen molar-refractivity contribution >= 4 is 57.2 Å². The van der Waals surface area contributed by atoms with Crippen LogP contribution >= 0.6 is 51.2 Å². The minimum absolute atomic E-state index is 0. The van der Waals surface area contributed by atoms with E-state index in [1.807, 2.05) is 11.3 Å². The van der Waals surface area contributed by atoms with Gasteiger partial charge in [-0.15, -0.1) is 35.3 Å². The van der Waals surface area contributed by atoms with E-state index in [1.165, 1.54) is 8.66 Å². The smallest absolute Gasteiger partial charge is 0.194 e. The molecule has 26 heavy (non-hydrogen) atoms. The number of halogens is 2. The van der Waals surface area contributed by atoms with Gasteiger partial charge in [0.1, 0.15) is 0 Å². The van der Waals surface area contributed by atoms with E-state index in [1.54, 1.807) is 0 Å². The lowest BCUT2D eigenvalue weighted by molar-refractivity contribution is 0.136. The monoisotopic (exact) mass is 556 g/mol. The first-order chi connectivity index (χ1) is 12.2. The SMILES string of the molecule is CCNC(=NCC1CCCC1O)N1CCN(Cc2ccc(Br)s2)CC1.I. The van der Waals surface area contributed by atoms with Crippen LogP contribution in [0, 0.1) is 5.92 Å². The van der Waals surface area contributed by atoms with Gasteiger partial charge in [-0.3, -0.25) is 9.89 Å². The molecule has 1 aromatic heterocycles. The van der Waals surface area contributed by atoms with E-state index in [9.17, 15) is 5.11 Å². The number of hydrogen-bond acceptors (Lipinski definition) is 4. The molecule has 0 bridgehead atoms. The van der Waals surface area contributed by atoms with Crippen molar-refractivity contribution in [1.29, 1.82) is 0 Å². The Hall–Kier alpha value is 0.1000. The number of aliphatic hydroxyl groups excluding tert-OH is 1. The standard InChI is InChI=1S/C18H29BrN4OS.HI/c1-2-20-18(21-12-14-4-3-5-16(14)24)23-10-8-22(9-11-23)13-15-6-7-17(19)25-15;/h6-7,14,16,24H,2-5,8-13H2,1H3,(H,20,21);1H. The van der Waals surface area contributed by atoms with Gasteiger partial charge in [0.25, 0.3) is 0 Å². The van der Waals surface area contributed by atoms with Gasteiger partial charge >= 0.3 is 0 Å². The van der Waals surface area contributed by atoms with Gasteiger partial charge in [-0.25, -0.2) is 0 Å². The summed E-state index contributed by atoms with van der Waals surface area (Å²) in [5.74, 6) is 1.35. The summed E-state index contributed by atoms with van der Waals surface area (Å²) in [6.07, 6.45) is 3.02. The zero-order valence-corrected chi connectivity index (χ0v) is 20.1. The molecule has 2 fully saturated rings. The van der Waals surface area contributed by atoms with Crippen LogP contribution in [0.2, 0.25) is 0 Å². The van der Waals surface area contributed by atoms with Crippen molar-refractivity contribution in [1.82, 2.24) is 15.1 Å². The molecule has 2 atom stereocenters. The lowest BCUT2D eigenvalue weighted by atomic mass is 10.1. The van der Waals surface area contributed by atoms with Gasteiger partial charge in [-0.2, -0.15) is 0 Å². The van der Waals surface area contributed by atoms with Crippen molar-refractivity contribution < 1.29 is 5.11 Å². The van der Waals surface area contributed by atoms with Crippen LogP contribution in [-0.4, -0.2) is 66.2 Å². The van der Waals surface area contributed by atoms with Gasteiger partial charge in [-0.05, 0) is 47.8 Å². The first-order valence-corrected chi connectivity index (χ1v) is 10.9. The topological polar surface area (TPSA) is 51.1 Å². The lowest BCUT2D eigenvalue weighted by Gasteiger charge is -2.36. The maximum atomic E-state index is 10.0. The zero-order chi connectivity index (χ0) is 17.6. The predicted octanol–water partition coefficient (Wildman–Crippen LogP) is 3.37. The Balaban J connectivity index is 0.00000243. The number of aliphatic imine (C=N–C) groups is 1. The van der Waals surface area contributed by atoms with E-state index in [0.29, 0.717) is 5.92 Å². The Labute approximate surface area is 186 Å². The molecule has 0 aromatic carbocycles. The quantitative estimate of drug-likeness (QED) is 0.332. The summed E-state index contributed by atoms with van der Waals surface area (Å²) in [5, 5.41) is 13.4. The van der Waals surface area contributed by atoms with E-state index in [4.69, 9.17) is 4.99 Å². The molecular formula is C18H30BrIN4OS. The fourth-order valence-electron chi connectivity index (χ4n) is 3.63. The van der Waals surface area contributed by atoms with Crippen molar-refractivity contribution in [2.45, 2.75) is 38.8 Å². The summed E-state index contributed by atoms with van der Waals surface area (Å²) in [6.45, 7) is 8.91. The largest absolute Gasteiger partial charge is 0.393 e. The molecule has 5 nitrogen and oxygen atoms in total. The number of aliphatic hydroxyl groups is 1. The van der Waals surface area contributed by atoms with Gasteiger partial charge < -0.3 is 15.3 Å². The molecule has 0 amide bonds. The number of guanidine groups is 1. The number of hydrogen-bond donors (Lipinski definition) is 2. The molecule has 2 aliphatic rings. The molecule has 1 saturated heterocycles. The predicted molar refractivity (Wildman–Crippen MR) is 124 cm³/mol. The average molecular weight is 557 g/mol. The Morgan fingerprint density at radius 1 is 1.31 bits per heavy atom. The van der Waals surface area contributed by atoms with Crippen LogP contribution in [-0.2, 0) is 6.54 Å². The Bertz CT molecular complexity index is 577. The van der Waals surface area contributed by atoms with Crippen molar-refractivity contribution in [3.63, 3.8) is 0 Å². The van der Waals surface area contributed by atoms with E-state index in [-0.39, 0.29) is 30.1 Å². The molecule has 2 unspecified atom stereocenters. The molecule has 8 heteroatoms. The van der Waals surface area contributed by atoms with Crippen LogP contribution in [0.3, 0.4) is 0 Å². The highest BCUT2D eigenvalue weighted by Crippen LogP contribution is 2.26. The third-order valence-corrected chi connectivity index (χ3v) is 6.72. The first kappa shape index (κ1) is 22.4. The normalized spacial score (nSPS) is 24.6. The van der Waals surface area contributed by atoms with Crippen LogP contribution in [0.5, 0.6) is 0 Å². The molecule has 1 aliphatic carbocycles. The third-order valence-electron chi connectivity index (χ3n) is 5.11. The summed E-state index contributed by atoms with van der Waals surface area (Å²) >= 11 is 5.36. The molecule has 0 radical (unpaired) electrons. The summed E-state index contributed by atoms with van der Waals surface area (Å²) in [7, 11) is 0. The molecule has 1 saturated carbocycles. The van der Waals surface area contributed by atoms with Crippen LogP contribution in [0.4, 0.5) is 0 Å². The highest BCUT2D eigenvalue weighted by atomic mass is 127. The summed E-state index contributed by atoms with van der Waals surface area (Å²) in [6, 6.07) is 4.34. The minimum atomic E-state index is -0.159. The fourth-order valence-corrected chi connectivity index (χ4v) is 5.16. The van der Waals surface area contributed by atoms with Crippen molar-refractivity contribution in [2.24, 2.45) is 10.9 Å². The summed E-state index contributed by atoms with van der Waals surface area (Å²) in [4.78, 5) is 11.1. The summed E-state index contributed by atoms with van der Waals surface area (Å²) in [5.41, 5.74) is 0. The van der Waals surface area contributed by atoms with Gasteiger partial charge in [0.2, 0.25) is 0 Å². The Morgan fingerprint density at radius 2 is 2.08 bits per heavy atom. The van der Waals surface area contributed by atoms with Crippen LogP contribution in [0.25, 0.3) is 0 Å². The van der Waals surface area contributed by atoms with Crippen molar-refractivity contribution in [3.8, 4) is 0 Å². The number of thiophene rings is 1. The fraction of sp³-hybridized carbons (Fsp3) is 0.722. The average Bonchev–Trinajstić information content (AvgIpc) is 3.20. The highest BCUT2D eigenvalue weighted by molar-refractivity contribution is 14.0. The number of nitrogens with zero attached hydrogens (tertiary/aromatic N) is 3. The van der Waals surface area contributed by atoms with E-state index in [2.05, 4.69) is 50.1 Å². The molecule has 1 aromatic rings. The lowest BCUT2D eigenvalue weighted by Crippen LogP contribution is -2.52. The second-order valence-electron chi connectivity index (χ2n) is 6.92. The van der Waals surface area contributed by atoms with Crippen LogP contribution in [0.1, 0.15) is 31.1 Å². The van der Waals surface area contributed by atoms with Crippen LogP contribution in [0.15, 0.2) is 20.9 Å². The Kier molecular flexibility index (Phi) is 9.63. The molecular weight excluding hydrogens is 527 g/mol. The second-order valence-corrected chi connectivity index (χ2v) is 9.47. The number of nitrogens with one attached hydrogen (secondary N) is 1. The molecule has 0 spiro atoms. The maximum absolute atomic E-state index is 10.0. The molecule has 2 N–H and O–H groups in total. The van der Waals surface area contributed by atoms with E-state index < -0.39 is 0 Å². The number of piperazine rings is 1. The molecule has 148 valence electrons. The minimum Gasteiger partial charge on any atom is -0.393 e. The molecule has 2 heterocycles. The second kappa shape index (κ2) is 11.2. The van der Waals surface area contributed by atoms with Crippen LogP contribution < -0.4 is 5.32 Å². The summed E-state index contributed by atoms with van der Waals surface area (Å²) < 4.78 is 1.21.